The summed E-state index contributed by atoms with van der Waals surface area (Å²) in [5.41, 5.74) is 1.45. The van der Waals surface area contributed by atoms with Gasteiger partial charge in [0.15, 0.2) is 5.69 Å². The second-order valence-electron chi connectivity index (χ2n) is 4.24. The Labute approximate surface area is 106 Å². The molecule has 1 aromatic heterocycles. The van der Waals surface area contributed by atoms with Crippen LogP contribution in [0.1, 0.15) is 28.9 Å². The van der Waals surface area contributed by atoms with E-state index in [0.29, 0.717) is 0 Å². The molecule has 0 spiro atoms. The molecule has 0 aliphatic heterocycles. The lowest BCUT2D eigenvalue weighted by Gasteiger charge is -2.02. The Morgan fingerprint density at radius 2 is 2.00 bits per heavy atom. The fraction of sp³-hybridized carbons (Fsp3) is 0.286. The average Bonchev–Trinajstić information content (AvgIpc) is 2.85. The van der Waals surface area contributed by atoms with Gasteiger partial charge in [-0.15, -0.1) is 0 Å². The number of carboxylic acids is 1. The Morgan fingerprint density at radius 3 is 2.67 bits per heavy atom. The highest BCUT2D eigenvalue weighted by molar-refractivity contribution is 5.84. The highest BCUT2D eigenvalue weighted by atomic mass is 16.4. The average molecular weight is 244 g/mol. The molecule has 1 N–H and O–H groups in total. The van der Waals surface area contributed by atoms with Gasteiger partial charge in [0, 0.05) is 12.7 Å². The third kappa shape index (κ3) is 3.45. The van der Waals surface area contributed by atoms with E-state index in [4.69, 9.17) is 5.11 Å². The van der Waals surface area contributed by atoms with Gasteiger partial charge in [-0.3, -0.25) is 0 Å². The maximum absolute atomic E-state index is 10.7. The number of unbranched alkanes of at least 4 members (excludes halogenated alkanes) is 1. The highest BCUT2D eigenvalue weighted by Crippen LogP contribution is 2.06. The molecular formula is C14H16N2O2. The molecule has 0 radical (unpaired) electrons. The van der Waals surface area contributed by atoms with Crippen molar-refractivity contribution >= 4 is 5.97 Å². The van der Waals surface area contributed by atoms with Crippen molar-refractivity contribution in [2.24, 2.45) is 0 Å². The molecule has 0 atom stereocenters. The van der Waals surface area contributed by atoms with E-state index < -0.39 is 5.97 Å². The number of carboxylic acid groups (broad SMARTS) is 1. The lowest BCUT2D eigenvalue weighted by molar-refractivity contribution is 0.0691. The van der Waals surface area contributed by atoms with E-state index in [9.17, 15) is 4.79 Å². The molecule has 1 heterocycles. The summed E-state index contributed by atoms with van der Waals surface area (Å²) >= 11 is 0. The lowest BCUT2D eigenvalue weighted by Crippen LogP contribution is -1.97. The molecule has 0 unspecified atom stereocenters. The number of imidazole rings is 1. The quantitative estimate of drug-likeness (QED) is 0.795. The maximum atomic E-state index is 10.7. The summed E-state index contributed by atoms with van der Waals surface area (Å²) < 4.78 is 1.83. The van der Waals surface area contributed by atoms with Gasteiger partial charge in [0.25, 0.3) is 0 Å². The molecule has 0 fully saturated rings. The second kappa shape index (κ2) is 6.00. The minimum Gasteiger partial charge on any atom is -0.476 e. The van der Waals surface area contributed by atoms with Crippen LogP contribution in [0.15, 0.2) is 42.9 Å². The zero-order valence-corrected chi connectivity index (χ0v) is 10.1. The van der Waals surface area contributed by atoms with Gasteiger partial charge >= 0.3 is 5.97 Å². The SMILES string of the molecule is O=C(O)c1cn(CCCCc2ccccc2)cn1. The van der Waals surface area contributed by atoms with Gasteiger partial charge in [0.05, 0.1) is 6.33 Å². The van der Waals surface area contributed by atoms with Crippen molar-refractivity contribution in [1.29, 1.82) is 0 Å². The zero-order chi connectivity index (χ0) is 12.8. The molecule has 0 saturated heterocycles. The van der Waals surface area contributed by atoms with E-state index in [1.807, 2.05) is 22.8 Å². The molecule has 0 aliphatic rings. The van der Waals surface area contributed by atoms with E-state index in [2.05, 4.69) is 17.1 Å². The van der Waals surface area contributed by atoms with Crippen LogP contribution >= 0.6 is 0 Å². The van der Waals surface area contributed by atoms with Crippen LogP contribution in [0, 0.1) is 0 Å². The van der Waals surface area contributed by atoms with Gasteiger partial charge in [-0.25, -0.2) is 9.78 Å². The van der Waals surface area contributed by atoms with E-state index in [1.54, 1.807) is 12.5 Å². The number of hydrogen-bond acceptors (Lipinski definition) is 2. The molecule has 1 aromatic carbocycles. The third-order valence-corrected chi connectivity index (χ3v) is 2.83. The Balaban J connectivity index is 1.73. The molecule has 0 saturated carbocycles. The number of aromatic carboxylic acids is 1. The Morgan fingerprint density at radius 1 is 1.22 bits per heavy atom. The minimum absolute atomic E-state index is 0.109. The molecule has 0 aliphatic carbocycles. The van der Waals surface area contributed by atoms with Crippen LogP contribution in [0.5, 0.6) is 0 Å². The predicted molar refractivity (Wildman–Crippen MR) is 68.6 cm³/mol. The Kier molecular flexibility index (Phi) is 4.12. The van der Waals surface area contributed by atoms with Gasteiger partial charge < -0.3 is 9.67 Å². The summed E-state index contributed by atoms with van der Waals surface area (Å²) in [5, 5.41) is 8.74. The Hall–Kier alpha value is -2.10. The first kappa shape index (κ1) is 12.4. The van der Waals surface area contributed by atoms with Crippen LogP contribution in [-0.4, -0.2) is 20.6 Å². The van der Waals surface area contributed by atoms with Crippen molar-refractivity contribution in [2.75, 3.05) is 0 Å². The van der Waals surface area contributed by atoms with E-state index >= 15 is 0 Å². The zero-order valence-electron chi connectivity index (χ0n) is 10.1. The Bertz CT molecular complexity index is 506. The van der Waals surface area contributed by atoms with Crippen LogP contribution < -0.4 is 0 Å². The predicted octanol–water partition coefficient (Wildman–Crippen LogP) is 2.60. The van der Waals surface area contributed by atoms with Crippen LogP contribution in [0.2, 0.25) is 0 Å². The number of aryl methyl sites for hydroxylation is 2. The van der Waals surface area contributed by atoms with E-state index in [0.717, 1.165) is 25.8 Å². The summed E-state index contributed by atoms with van der Waals surface area (Å²) in [7, 11) is 0. The summed E-state index contributed by atoms with van der Waals surface area (Å²) in [6, 6.07) is 10.4. The molecule has 4 heteroatoms. The fourth-order valence-electron chi connectivity index (χ4n) is 1.86. The van der Waals surface area contributed by atoms with Gasteiger partial charge in [-0.05, 0) is 24.8 Å². The molecule has 2 aromatic rings. The van der Waals surface area contributed by atoms with Crippen molar-refractivity contribution in [1.82, 2.24) is 9.55 Å². The molecule has 0 amide bonds. The van der Waals surface area contributed by atoms with Crippen molar-refractivity contribution < 1.29 is 9.90 Å². The minimum atomic E-state index is -0.974. The first-order valence-electron chi connectivity index (χ1n) is 6.05. The normalized spacial score (nSPS) is 10.4. The van der Waals surface area contributed by atoms with Crippen LogP contribution in [-0.2, 0) is 13.0 Å². The number of rotatable bonds is 6. The van der Waals surface area contributed by atoms with Crippen molar-refractivity contribution in [3.05, 3.63) is 54.1 Å². The number of nitrogens with zero attached hydrogens (tertiary/aromatic N) is 2. The van der Waals surface area contributed by atoms with Crippen molar-refractivity contribution in [3.8, 4) is 0 Å². The summed E-state index contributed by atoms with van der Waals surface area (Å²) in [4.78, 5) is 14.5. The molecule has 94 valence electrons. The van der Waals surface area contributed by atoms with Crippen LogP contribution in [0.3, 0.4) is 0 Å². The van der Waals surface area contributed by atoms with Crippen LogP contribution in [0.4, 0.5) is 0 Å². The van der Waals surface area contributed by atoms with Crippen LogP contribution in [0.25, 0.3) is 0 Å². The first-order chi connectivity index (χ1) is 8.75. The standard InChI is InChI=1S/C14H16N2O2/c17-14(18)13-10-16(11-15-13)9-5-4-8-12-6-2-1-3-7-12/h1-3,6-7,10-11H,4-5,8-9H2,(H,17,18). The van der Waals surface area contributed by atoms with Crippen molar-refractivity contribution in [2.45, 2.75) is 25.8 Å². The number of hydrogen-bond donors (Lipinski definition) is 1. The lowest BCUT2D eigenvalue weighted by atomic mass is 10.1. The highest BCUT2D eigenvalue weighted by Gasteiger charge is 2.05. The summed E-state index contributed by atoms with van der Waals surface area (Å²) in [6.45, 7) is 0.813. The first-order valence-corrected chi connectivity index (χ1v) is 6.05. The second-order valence-corrected chi connectivity index (χ2v) is 4.24. The van der Waals surface area contributed by atoms with E-state index in [-0.39, 0.29) is 5.69 Å². The van der Waals surface area contributed by atoms with E-state index in [1.165, 1.54) is 5.56 Å². The topological polar surface area (TPSA) is 55.1 Å². The fourth-order valence-corrected chi connectivity index (χ4v) is 1.86. The maximum Gasteiger partial charge on any atom is 0.356 e. The number of benzene rings is 1. The number of aromatic nitrogens is 2. The summed E-state index contributed by atoms with van der Waals surface area (Å²) in [6.07, 6.45) is 6.31. The van der Waals surface area contributed by atoms with Gasteiger partial charge in [-0.2, -0.15) is 0 Å². The smallest absolute Gasteiger partial charge is 0.356 e. The molecule has 4 nitrogen and oxygen atoms in total. The summed E-state index contributed by atoms with van der Waals surface area (Å²) in [5.74, 6) is -0.974. The molecule has 2 rings (SSSR count). The third-order valence-electron chi connectivity index (χ3n) is 2.83. The van der Waals surface area contributed by atoms with Crippen molar-refractivity contribution in [3.63, 3.8) is 0 Å². The van der Waals surface area contributed by atoms with Gasteiger partial charge in [0.2, 0.25) is 0 Å². The monoisotopic (exact) mass is 244 g/mol. The van der Waals surface area contributed by atoms with Gasteiger partial charge in [0.1, 0.15) is 0 Å². The largest absolute Gasteiger partial charge is 0.476 e. The van der Waals surface area contributed by atoms with Gasteiger partial charge in [-0.1, -0.05) is 30.3 Å². The molecular weight excluding hydrogens is 228 g/mol. The number of carbonyl (C=O) groups is 1. The molecule has 0 bridgehead atoms. The molecule has 18 heavy (non-hydrogen) atoms.